The van der Waals surface area contributed by atoms with Crippen LogP contribution in [0.5, 0.6) is 0 Å². The monoisotopic (exact) mass is 234 g/mol. The molecule has 0 aromatic heterocycles. The third-order valence-electron chi connectivity index (χ3n) is 2.87. The largest absolute Gasteiger partial charge is 0.378 e. The number of carbonyl (C=O) groups excluding carboxylic acids is 1. The molecule has 4 heteroatoms. The molecule has 1 aromatic carbocycles. The van der Waals surface area contributed by atoms with Gasteiger partial charge < -0.3 is 15.0 Å². The van der Waals surface area contributed by atoms with Crippen molar-refractivity contribution in [3.8, 4) is 0 Å². The Hall–Kier alpha value is -1.55. The molecule has 0 spiro atoms. The van der Waals surface area contributed by atoms with Crippen LogP contribution in [0.3, 0.4) is 0 Å². The molecule has 1 amide bonds. The van der Waals surface area contributed by atoms with Crippen LogP contribution in [-0.2, 0) is 9.53 Å². The second-order valence-corrected chi connectivity index (χ2v) is 4.43. The molecule has 0 saturated carbocycles. The average Bonchev–Trinajstić information content (AvgIpc) is 2.83. The molecule has 1 heterocycles. The highest BCUT2D eigenvalue weighted by atomic mass is 16.5. The van der Waals surface area contributed by atoms with Crippen LogP contribution in [0.2, 0.25) is 0 Å². The summed E-state index contributed by atoms with van der Waals surface area (Å²) < 4.78 is 5.33. The van der Waals surface area contributed by atoms with E-state index in [1.54, 1.807) is 0 Å². The Labute approximate surface area is 102 Å². The SMILES string of the molecule is CN(C)c1ccc(NC(=O)C2CCCO2)cc1. The minimum atomic E-state index is -0.275. The van der Waals surface area contributed by atoms with Gasteiger partial charge in [-0.25, -0.2) is 0 Å². The van der Waals surface area contributed by atoms with Gasteiger partial charge in [-0.2, -0.15) is 0 Å². The Morgan fingerprint density at radius 3 is 2.59 bits per heavy atom. The highest BCUT2D eigenvalue weighted by Crippen LogP contribution is 2.18. The lowest BCUT2D eigenvalue weighted by atomic mass is 10.2. The third-order valence-corrected chi connectivity index (χ3v) is 2.87. The lowest BCUT2D eigenvalue weighted by Crippen LogP contribution is -2.26. The third kappa shape index (κ3) is 2.97. The summed E-state index contributed by atoms with van der Waals surface area (Å²) in [7, 11) is 3.97. The number of rotatable bonds is 3. The van der Waals surface area contributed by atoms with Gasteiger partial charge in [0.1, 0.15) is 6.10 Å². The van der Waals surface area contributed by atoms with E-state index in [0.29, 0.717) is 6.61 Å². The molecule has 0 aliphatic carbocycles. The van der Waals surface area contributed by atoms with Crippen molar-refractivity contribution < 1.29 is 9.53 Å². The normalized spacial score (nSPS) is 19.1. The van der Waals surface area contributed by atoms with Gasteiger partial charge in [-0.1, -0.05) is 0 Å². The van der Waals surface area contributed by atoms with Crippen molar-refractivity contribution in [3.63, 3.8) is 0 Å². The molecule has 1 N–H and O–H groups in total. The van der Waals surface area contributed by atoms with Gasteiger partial charge >= 0.3 is 0 Å². The summed E-state index contributed by atoms with van der Waals surface area (Å²) in [5, 5.41) is 2.87. The quantitative estimate of drug-likeness (QED) is 0.868. The fourth-order valence-corrected chi connectivity index (χ4v) is 1.85. The van der Waals surface area contributed by atoms with Crippen molar-refractivity contribution in [3.05, 3.63) is 24.3 Å². The molecule has 1 fully saturated rings. The van der Waals surface area contributed by atoms with Crippen molar-refractivity contribution in [2.75, 3.05) is 30.9 Å². The van der Waals surface area contributed by atoms with Crippen molar-refractivity contribution in [2.45, 2.75) is 18.9 Å². The fraction of sp³-hybridized carbons (Fsp3) is 0.462. The van der Waals surface area contributed by atoms with Crippen LogP contribution in [0.4, 0.5) is 11.4 Å². The molecule has 0 radical (unpaired) electrons. The Balaban J connectivity index is 1.96. The van der Waals surface area contributed by atoms with Crippen LogP contribution in [0.1, 0.15) is 12.8 Å². The Morgan fingerprint density at radius 1 is 1.35 bits per heavy atom. The molecule has 2 rings (SSSR count). The molecule has 1 atom stereocenters. The van der Waals surface area contributed by atoms with Gasteiger partial charge in [0.25, 0.3) is 5.91 Å². The summed E-state index contributed by atoms with van der Waals surface area (Å²) in [5.74, 6) is -0.0416. The second kappa shape index (κ2) is 5.19. The van der Waals surface area contributed by atoms with E-state index in [-0.39, 0.29) is 12.0 Å². The fourth-order valence-electron chi connectivity index (χ4n) is 1.85. The molecule has 1 saturated heterocycles. The number of anilines is 2. The maximum atomic E-state index is 11.8. The minimum absolute atomic E-state index is 0.0416. The van der Waals surface area contributed by atoms with Crippen LogP contribution in [0.15, 0.2) is 24.3 Å². The number of amides is 1. The van der Waals surface area contributed by atoms with Crippen molar-refractivity contribution in [2.24, 2.45) is 0 Å². The molecule has 1 aliphatic rings. The smallest absolute Gasteiger partial charge is 0.253 e. The van der Waals surface area contributed by atoms with E-state index in [4.69, 9.17) is 4.74 Å². The number of hydrogen-bond acceptors (Lipinski definition) is 3. The number of carbonyl (C=O) groups is 1. The van der Waals surface area contributed by atoms with Gasteiger partial charge in [0.05, 0.1) is 0 Å². The molecule has 0 bridgehead atoms. The van der Waals surface area contributed by atoms with E-state index in [1.165, 1.54) is 0 Å². The minimum Gasteiger partial charge on any atom is -0.378 e. The maximum Gasteiger partial charge on any atom is 0.253 e. The number of hydrogen-bond donors (Lipinski definition) is 1. The van der Waals surface area contributed by atoms with Gasteiger partial charge in [0.15, 0.2) is 0 Å². The van der Waals surface area contributed by atoms with Crippen molar-refractivity contribution in [1.29, 1.82) is 0 Å². The van der Waals surface area contributed by atoms with Crippen LogP contribution >= 0.6 is 0 Å². The van der Waals surface area contributed by atoms with Crippen LogP contribution < -0.4 is 10.2 Å². The van der Waals surface area contributed by atoms with E-state index < -0.39 is 0 Å². The molecule has 1 unspecified atom stereocenters. The zero-order chi connectivity index (χ0) is 12.3. The predicted octanol–water partition coefficient (Wildman–Crippen LogP) is 1.87. The van der Waals surface area contributed by atoms with Crippen molar-refractivity contribution >= 4 is 17.3 Å². The first-order valence-electron chi connectivity index (χ1n) is 5.86. The summed E-state index contributed by atoms with van der Waals surface area (Å²) in [6.07, 6.45) is 1.52. The molecule has 4 nitrogen and oxygen atoms in total. The molecule has 17 heavy (non-hydrogen) atoms. The zero-order valence-corrected chi connectivity index (χ0v) is 10.3. The standard InChI is InChI=1S/C13H18N2O2/c1-15(2)11-7-5-10(6-8-11)14-13(16)12-4-3-9-17-12/h5-8,12H,3-4,9H2,1-2H3,(H,14,16). The lowest BCUT2D eigenvalue weighted by Gasteiger charge is -2.14. The van der Waals surface area contributed by atoms with Gasteiger partial charge in [-0.05, 0) is 37.1 Å². The number of benzene rings is 1. The highest BCUT2D eigenvalue weighted by Gasteiger charge is 2.23. The first kappa shape index (κ1) is 11.9. The summed E-state index contributed by atoms with van der Waals surface area (Å²) in [4.78, 5) is 13.8. The van der Waals surface area contributed by atoms with Crippen LogP contribution in [-0.4, -0.2) is 32.7 Å². The van der Waals surface area contributed by atoms with Crippen LogP contribution in [0, 0.1) is 0 Å². The highest BCUT2D eigenvalue weighted by molar-refractivity contribution is 5.94. The first-order valence-corrected chi connectivity index (χ1v) is 5.86. The Morgan fingerprint density at radius 2 is 2.06 bits per heavy atom. The van der Waals surface area contributed by atoms with Gasteiger partial charge in [0.2, 0.25) is 0 Å². The van der Waals surface area contributed by atoms with E-state index >= 15 is 0 Å². The topological polar surface area (TPSA) is 41.6 Å². The van der Waals surface area contributed by atoms with Crippen molar-refractivity contribution in [1.82, 2.24) is 0 Å². The molecule has 1 aromatic rings. The average molecular weight is 234 g/mol. The molecular formula is C13H18N2O2. The van der Waals surface area contributed by atoms with Gasteiger partial charge in [0, 0.05) is 32.1 Å². The van der Waals surface area contributed by atoms with E-state index in [0.717, 1.165) is 24.2 Å². The van der Waals surface area contributed by atoms with Gasteiger partial charge in [-0.3, -0.25) is 4.79 Å². The lowest BCUT2D eigenvalue weighted by molar-refractivity contribution is -0.124. The zero-order valence-electron chi connectivity index (χ0n) is 10.3. The van der Waals surface area contributed by atoms with Crippen LogP contribution in [0.25, 0.3) is 0 Å². The Kier molecular flexibility index (Phi) is 3.64. The maximum absolute atomic E-state index is 11.8. The summed E-state index contributed by atoms with van der Waals surface area (Å²) in [6.45, 7) is 0.692. The van der Waals surface area contributed by atoms with Gasteiger partial charge in [-0.15, -0.1) is 0 Å². The van der Waals surface area contributed by atoms with E-state index in [9.17, 15) is 4.79 Å². The summed E-state index contributed by atoms with van der Waals surface area (Å²) in [6, 6.07) is 7.76. The molecule has 92 valence electrons. The molecular weight excluding hydrogens is 216 g/mol. The first-order chi connectivity index (χ1) is 8.16. The molecule has 1 aliphatic heterocycles. The second-order valence-electron chi connectivity index (χ2n) is 4.43. The Bertz CT molecular complexity index is 381. The van der Waals surface area contributed by atoms with E-state index in [2.05, 4.69) is 5.32 Å². The summed E-state index contributed by atoms with van der Waals surface area (Å²) in [5.41, 5.74) is 1.93. The number of nitrogens with zero attached hydrogens (tertiary/aromatic N) is 1. The number of ether oxygens (including phenoxy) is 1. The summed E-state index contributed by atoms with van der Waals surface area (Å²) >= 11 is 0. The predicted molar refractivity (Wildman–Crippen MR) is 68.4 cm³/mol. The van der Waals surface area contributed by atoms with E-state index in [1.807, 2.05) is 43.3 Å². The number of nitrogens with one attached hydrogen (secondary N) is 1.